The van der Waals surface area contributed by atoms with Crippen molar-refractivity contribution in [3.63, 3.8) is 0 Å². The van der Waals surface area contributed by atoms with Crippen molar-refractivity contribution in [1.29, 1.82) is 0 Å². The predicted molar refractivity (Wildman–Crippen MR) is 120 cm³/mol. The standard InChI is InChI=1S/C25H20N4O2/c30-24(29-23-3-1-2-11-27-23)17-6-4-16(5-7-17)21-14-22(21)25(31)28-20-9-8-19-15-26-12-10-18(19)13-20/h1-13,15,21-22H,14H2,(H,28,31)(H,27,29,30). The third kappa shape index (κ3) is 4.14. The van der Waals surface area contributed by atoms with E-state index in [0.29, 0.717) is 11.4 Å². The number of hydrogen-bond donors (Lipinski definition) is 2. The third-order valence-electron chi connectivity index (χ3n) is 5.54. The molecule has 0 saturated heterocycles. The van der Waals surface area contributed by atoms with Crippen molar-refractivity contribution in [3.8, 4) is 0 Å². The fraction of sp³-hybridized carbons (Fsp3) is 0.120. The number of aromatic nitrogens is 2. The second-order valence-corrected chi connectivity index (χ2v) is 7.67. The molecule has 2 aromatic heterocycles. The number of anilines is 2. The molecule has 0 aliphatic heterocycles. The lowest BCUT2D eigenvalue weighted by atomic mass is 10.1. The Morgan fingerprint density at radius 2 is 1.74 bits per heavy atom. The highest BCUT2D eigenvalue weighted by Crippen LogP contribution is 2.48. The SMILES string of the molecule is O=C(Nc1ccccn1)c1ccc(C2CC2C(=O)Nc2ccc3cnccc3c2)cc1. The van der Waals surface area contributed by atoms with Crippen molar-refractivity contribution in [2.24, 2.45) is 5.92 Å². The van der Waals surface area contributed by atoms with Crippen molar-refractivity contribution in [2.75, 3.05) is 10.6 Å². The number of amides is 2. The molecule has 1 saturated carbocycles. The van der Waals surface area contributed by atoms with Gasteiger partial charge in [-0.1, -0.05) is 24.3 Å². The summed E-state index contributed by atoms with van der Waals surface area (Å²) in [7, 11) is 0. The van der Waals surface area contributed by atoms with Gasteiger partial charge in [-0.05, 0) is 65.8 Å². The molecule has 0 spiro atoms. The minimum Gasteiger partial charge on any atom is -0.326 e. The Kier molecular flexibility index (Phi) is 4.88. The fourth-order valence-corrected chi connectivity index (χ4v) is 3.76. The summed E-state index contributed by atoms with van der Waals surface area (Å²) < 4.78 is 0. The van der Waals surface area contributed by atoms with Crippen LogP contribution in [0, 0.1) is 5.92 Å². The summed E-state index contributed by atoms with van der Waals surface area (Å²) >= 11 is 0. The molecule has 0 bridgehead atoms. The zero-order valence-corrected chi connectivity index (χ0v) is 16.7. The Balaban J connectivity index is 1.21. The van der Waals surface area contributed by atoms with Crippen LogP contribution in [-0.4, -0.2) is 21.8 Å². The highest BCUT2D eigenvalue weighted by Gasteiger charge is 2.43. The van der Waals surface area contributed by atoms with E-state index in [4.69, 9.17) is 0 Å². The van der Waals surface area contributed by atoms with Crippen molar-refractivity contribution in [1.82, 2.24) is 9.97 Å². The number of carbonyl (C=O) groups is 2. The normalized spacial score (nSPS) is 17.2. The van der Waals surface area contributed by atoms with Crippen LogP contribution in [0.4, 0.5) is 11.5 Å². The van der Waals surface area contributed by atoms with Crippen LogP contribution in [-0.2, 0) is 4.79 Å². The molecule has 2 atom stereocenters. The Bertz CT molecular complexity index is 1260. The van der Waals surface area contributed by atoms with Crippen LogP contribution in [0.25, 0.3) is 10.8 Å². The minimum atomic E-state index is -0.207. The van der Waals surface area contributed by atoms with E-state index in [0.717, 1.165) is 28.4 Å². The van der Waals surface area contributed by atoms with Crippen LogP contribution in [0.15, 0.2) is 85.3 Å². The highest BCUT2D eigenvalue weighted by molar-refractivity contribution is 6.03. The summed E-state index contributed by atoms with van der Waals surface area (Å²) in [5, 5.41) is 7.87. The summed E-state index contributed by atoms with van der Waals surface area (Å²) in [6.07, 6.45) is 5.98. The molecule has 1 aliphatic carbocycles. The zero-order chi connectivity index (χ0) is 21.2. The van der Waals surface area contributed by atoms with Crippen LogP contribution in [0.1, 0.15) is 28.3 Å². The van der Waals surface area contributed by atoms with Gasteiger partial charge in [-0.3, -0.25) is 14.6 Å². The summed E-state index contributed by atoms with van der Waals surface area (Å²) in [6.45, 7) is 0. The molecule has 2 amide bonds. The number of hydrogen-bond acceptors (Lipinski definition) is 4. The molecule has 2 unspecified atom stereocenters. The quantitative estimate of drug-likeness (QED) is 0.505. The average Bonchev–Trinajstić information content (AvgIpc) is 3.61. The number of carbonyl (C=O) groups excluding carboxylic acids is 2. The maximum Gasteiger partial charge on any atom is 0.256 e. The molecule has 1 fully saturated rings. The zero-order valence-electron chi connectivity index (χ0n) is 16.7. The molecule has 2 heterocycles. The van der Waals surface area contributed by atoms with Crippen LogP contribution in [0.3, 0.4) is 0 Å². The van der Waals surface area contributed by atoms with E-state index in [9.17, 15) is 9.59 Å². The maximum atomic E-state index is 12.7. The lowest BCUT2D eigenvalue weighted by molar-refractivity contribution is -0.117. The molecule has 0 radical (unpaired) electrons. The van der Waals surface area contributed by atoms with Crippen molar-refractivity contribution in [2.45, 2.75) is 12.3 Å². The van der Waals surface area contributed by atoms with Crippen LogP contribution in [0.5, 0.6) is 0 Å². The highest BCUT2D eigenvalue weighted by atomic mass is 16.2. The lowest BCUT2D eigenvalue weighted by Gasteiger charge is -2.07. The Hall–Kier alpha value is -4.06. The van der Waals surface area contributed by atoms with Crippen molar-refractivity contribution < 1.29 is 9.59 Å². The van der Waals surface area contributed by atoms with Gasteiger partial charge in [0.2, 0.25) is 5.91 Å². The molecule has 152 valence electrons. The molecular weight excluding hydrogens is 388 g/mol. The van der Waals surface area contributed by atoms with Gasteiger partial charge in [0, 0.05) is 41.1 Å². The van der Waals surface area contributed by atoms with Gasteiger partial charge in [-0.25, -0.2) is 4.98 Å². The smallest absolute Gasteiger partial charge is 0.256 e. The molecule has 6 heteroatoms. The van der Waals surface area contributed by atoms with E-state index < -0.39 is 0 Å². The van der Waals surface area contributed by atoms with Gasteiger partial charge in [0.05, 0.1) is 0 Å². The minimum absolute atomic E-state index is 0.0235. The number of rotatable bonds is 5. The van der Waals surface area contributed by atoms with E-state index in [-0.39, 0.29) is 23.7 Å². The van der Waals surface area contributed by atoms with Gasteiger partial charge in [-0.2, -0.15) is 0 Å². The number of nitrogens with one attached hydrogen (secondary N) is 2. The summed E-state index contributed by atoms with van der Waals surface area (Å²) in [5.74, 6) is 0.455. The average molecular weight is 408 g/mol. The number of pyridine rings is 2. The van der Waals surface area contributed by atoms with E-state index in [2.05, 4.69) is 20.6 Å². The van der Waals surface area contributed by atoms with Gasteiger partial charge in [0.25, 0.3) is 5.91 Å². The number of benzene rings is 2. The van der Waals surface area contributed by atoms with Gasteiger partial charge < -0.3 is 10.6 Å². The van der Waals surface area contributed by atoms with Gasteiger partial charge in [-0.15, -0.1) is 0 Å². The molecule has 2 N–H and O–H groups in total. The molecule has 2 aromatic carbocycles. The van der Waals surface area contributed by atoms with Crippen molar-refractivity contribution >= 4 is 34.1 Å². The molecular formula is C25H20N4O2. The Morgan fingerprint density at radius 3 is 2.55 bits per heavy atom. The Labute approximate surface area is 179 Å². The second-order valence-electron chi connectivity index (χ2n) is 7.67. The summed E-state index contributed by atoms with van der Waals surface area (Å²) in [5.41, 5.74) is 2.41. The maximum absolute atomic E-state index is 12.7. The second kappa shape index (κ2) is 7.99. The number of fused-ring (bicyclic) bond motifs is 1. The summed E-state index contributed by atoms with van der Waals surface area (Å²) in [4.78, 5) is 33.2. The molecule has 4 aromatic rings. The lowest BCUT2D eigenvalue weighted by Crippen LogP contribution is -2.14. The third-order valence-corrected chi connectivity index (χ3v) is 5.54. The first-order valence-corrected chi connectivity index (χ1v) is 10.1. The Morgan fingerprint density at radius 1 is 0.871 bits per heavy atom. The summed E-state index contributed by atoms with van der Waals surface area (Å²) in [6, 6.07) is 20.5. The number of nitrogens with zero attached hydrogens (tertiary/aromatic N) is 2. The monoisotopic (exact) mass is 408 g/mol. The van der Waals surface area contributed by atoms with Gasteiger partial charge in [0.15, 0.2) is 0 Å². The first-order valence-electron chi connectivity index (χ1n) is 10.1. The molecule has 6 nitrogen and oxygen atoms in total. The molecule has 1 aliphatic rings. The molecule has 5 rings (SSSR count). The van der Waals surface area contributed by atoms with Gasteiger partial charge in [0.1, 0.15) is 5.82 Å². The van der Waals surface area contributed by atoms with E-state index in [1.165, 1.54) is 0 Å². The van der Waals surface area contributed by atoms with Crippen molar-refractivity contribution in [3.05, 3.63) is 96.4 Å². The van der Waals surface area contributed by atoms with E-state index in [1.54, 1.807) is 42.9 Å². The first-order chi connectivity index (χ1) is 15.2. The van der Waals surface area contributed by atoms with E-state index in [1.807, 2.05) is 42.5 Å². The van der Waals surface area contributed by atoms with Crippen LogP contribution >= 0.6 is 0 Å². The predicted octanol–water partition coefficient (Wildman–Crippen LogP) is 4.62. The first kappa shape index (κ1) is 18.9. The van der Waals surface area contributed by atoms with Crippen LogP contribution < -0.4 is 10.6 Å². The van der Waals surface area contributed by atoms with Crippen LogP contribution in [0.2, 0.25) is 0 Å². The fourth-order valence-electron chi connectivity index (χ4n) is 3.76. The van der Waals surface area contributed by atoms with Gasteiger partial charge >= 0.3 is 0 Å². The molecule has 31 heavy (non-hydrogen) atoms. The van der Waals surface area contributed by atoms with E-state index >= 15 is 0 Å². The largest absolute Gasteiger partial charge is 0.326 e. The topological polar surface area (TPSA) is 84.0 Å².